The quantitative estimate of drug-likeness (QED) is 0.443. The highest BCUT2D eigenvalue weighted by molar-refractivity contribution is 9.10. The fourth-order valence-electron chi connectivity index (χ4n) is 4.20. The third-order valence-corrected chi connectivity index (χ3v) is 6.13. The molecule has 0 radical (unpaired) electrons. The van der Waals surface area contributed by atoms with Crippen molar-refractivity contribution in [2.75, 3.05) is 6.61 Å². The molecule has 28 heavy (non-hydrogen) atoms. The molecule has 2 heterocycles. The standard InChI is InChI=1S/C23H28BrN3O/c1-3-17-15-18(4-2)26-23(25-17)28-13-7-12-27-21-9-6-5-8-19(21)20-14-16(24)10-11-22(20)27/h10-11,14-15H,3-9,12-13H2,1-2H3. The van der Waals surface area contributed by atoms with Crippen molar-refractivity contribution in [1.82, 2.24) is 14.5 Å². The molecule has 0 N–H and O–H groups in total. The van der Waals surface area contributed by atoms with Gasteiger partial charge in [-0.3, -0.25) is 0 Å². The van der Waals surface area contributed by atoms with Gasteiger partial charge in [0.2, 0.25) is 0 Å². The van der Waals surface area contributed by atoms with E-state index in [1.54, 1.807) is 5.56 Å². The molecule has 0 aliphatic heterocycles. The maximum atomic E-state index is 5.92. The summed E-state index contributed by atoms with van der Waals surface area (Å²) in [5.74, 6) is 0. The summed E-state index contributed by atoms with van der Waals surface area (Å²) < 4.78 is 9.60. The van der Waals surface area contributed by atoms with E-state index in [0.29, 0.717) is 12.6 Å². The first-order chi connectivity index (χ1) is 13.7. The van der Waals surface area contributed by atoms with E-state index in [4.69, 9.17) is 4.74 Å². The Morgan fingerprint density at radius 1 is 1.04 bits per heavy atom. The number of nitrogens with zero attached hydrogens (tertiary/aromatic N) is 3. The maximum absolute atomic E-state index is 5.92. The number of fused-ring (bicyclic) bond motifs is 3. The number of halogens is 1. The second-order valence-corrected chi connectivity index (χ2v) is 8.40. The van der Waals surface area contributed by atoms with Crippen LogP contribution in [0.2, 0.25) is 0 Å². The first kappa shape index (κ1) is 19.4. The molecule has 1 aromatic carbocycles. The summed E-state index contributed by atoms with van der Waals surface area (Å²) in [5.41, 5.74) is 6.54. The fraction of sp³-hybridized carbons (Fsp3) is 0.478. The van der Waals surface area contributed by atoms with Crippen molar-refractivity contribution in [3.8, 4) is 6.01 Å². The Morgan fingerprint density at radius 2 is 1.79 bits per heavy atom. The van der Waals surface area contributed by atoms with Gasteiger partial charge in [0.1, 0.15) is 0 Å². The molecular formula is C23H28BrN3O. The lowest BCUT2D eigenvalue weighted by atomic mass is 9.95. The van der Waals surface area contributed by atoms with Crippen LogP contribution in [0.5, 0.6) is 6.01 Å². The lowest BCUT2D eigenvalue weighted by molar-refractivity contribution is 0.277. The number of hydrogen-bond donors (Lipinski definition) is 0. The number of hydrogen-bond acceptors (Lipinski definition) is 3. The molecule has 0 saturated carbocycles. The number of rotatable bonds is 7. The van der Waals surface area contributed by atoms with Crippen molar-refractivity contribution >= 4 is 26.8 Å². The van der Waals surface area contributed by atoms with Gasteiger partial charge in [0.05, 0.1) is 6.61 Å². The van der Waals surface area contributed by atoms with Gasteiger partial charge < -0.3 is 9.30 Å². The van der Waals surface area contributed by atoms with E-state index < -0.39 is 0 Å². The van der Waals surface area contributed by atoms with Gasteiger partial charge in [-0.05, 0) is 74.8 Å². The molecular weight excluding hydrogens is 414 g/mol. The molecule has 2 aromatic heterocycles. The molecule has 3 aromatic rings. The summed E-state index contributed by atoms with van der Waals surface area (Å²) in [7, 11) is 0. The molecule has 5 heteroatoms. The third-order valence-electron chi connectivity index (χ3n) is 5.63. The second kappa shape index (κ2) is 8.64. The zero-order valence-corrected chi connectivity index (χ0v) is 18.4. The van der Waals surface area contributed by atoms with Gasteiger partial charge in [-0.1, -0.05) is 29.8 Å². The van der Waals surface area contributed by atoms with Gasteiger partial charge in [-0.25, -0.2) is 9.97 Å². The number of aryl methyl sites for hydroxylation is 4. The molecule has 0 unspecified atom stereocenters. The van der Waals surface area contributed by atoms with E-state index in [1.807, 2.05) is 0 Å². The zero-order chi connectivity index (χ0) is 19.5. The second-order valence-electron chi connectivity index (χ2n) is 7.49. The molecule has 148 valence electrons. The van der Waals surface area contributed by atoms with Crippen molar-refractivity contribution in [3.05, 3.63) is 51.4 Å². The minimum Gasteiger partial charge on any atom is -0.463 e. The maximum Gasteiger partial charge on any atom is 0.316 e. The minimum atomic E-state index is 0.527. The Hall–Kier alpha value is -1.88. The average Bonchev–Trinajstić information content (AvgIpc) is 3.04. The molecule has 0 bridgehead atoms. The Balaban J connectivity index is 1.48. The van der Waals surface area contributed by atoms with Gasteiger partial charge in [0.25, 0.3) is 0 Å². The lowest BCUT2D eigenvalue weighted by Gasteiger charge is -2.16. The summed E-state index contributed by atoms with van der Waals surface area (Å²) in [4.78, 5) is 9.04. The summed E-state index contributed by atoms with van der Waals surface area (Å²) in [5, 5.41) is 1.41. The monoisotopic (exact) mass is 441 g/mol. The van der Waals surface area contributed by atoms with Gasteiger partial charge in [-0.2, -0.15) is 0 Å². The Morgan fingerprint density at radius 3 is 2.54 bits per heavy atom. The number of aromatic nitrogens is 3. The summed E-state index contributed by atoms with van der Waals surface area (Å²) in [6.07, 6.45) is 7.73. The van der Waals surface area contributed by atoms with E-state index in [9.17, 15) is 0 Å². The first-order valence-electron chi connectivity index (χ1n) is 10.5. The van der Waals surface area contributed by atoms with Gasteiger partial charge in [0, 0.05) is 39.0 Å². The Bertz CT molecular complexity index is 957. The highest BCUT2D eigenvalue weighted by Gasteiger charge is 2.19. The van der Waals surface area contributed by atoms with Crippen LogP contribution in [0.4, 0.5) is 0 Å². The van der Waals surface area contributed by atoms with E-state index in [2.05, 4.69) is 68.6 Å². The van der Waals surface area contributed by atoms with Gasteiger partial charge in [-0.15, -0.1) is 0 Å². The molecule has 1 aliphatic carbocycles. The lowest BCUT2D eigenvalue weighted by Crippen LogP contribution is -2.11. The summed E-state index contributed by atoms with van der Waals surface area (Å²) in [6.45, 7) is 5.84. The van der Waals surface area contributed by atoms with Crippen molar-refractivity contribution in [3.63, 3.8) is 0 Å². The molecule has 4 nitrogen and oxygen atoms in total. The molecule has 0 fully saturated rings. The average molecular weight is 442 g/mol. The van der Waals surface area contributed by atoms with Crippen LogP contribution >= 0.6 is 15.9 Å². The van der Waals surface area contributed by atoms with E-state index >= 15 is 0 Å². The van der Waals surface area contributed by atoms with Gasteiger partial charge in [0.15, 0.2) is 0 Å². The van der Waals surface area contributed by atoms with Crippen molar-refractivity contribution in [1.29, 1.82) is 0 Å². The van der Waals surface area contributed by atoms with Crippen LogP contribution in [0.15, 0.2) is 28.7 Å². The smallest absolute Gasteiger partial charge is 0.316 e. The number of ether oxygens (including phenoxy) is 1. The van der Waals surface area contributed by atoms with E-state index in [1.165, 1.54) is 42.3 Å². The van der Waals surface area contributed by atoms with Crippen LogP contribution in [-0.2, 0) is 32.2 Å². The van der Waals surface area contributed by atoms with Crippen molar-refractivity contribution < 1.29 is 4.74 Å². The van der Waals surface area contributed by atoms with Crippen LogP contribution in [0.25, 0.3) is 10.9 Å². The molecule has 0 spiro atoms. The predicted octanol–water partition coefficient (Wildman–Crippen LogP) is 5.67. The Labute approximate surface area is 175 Å². The third kappa shape index (κ3) is 3.95. The highest BCUT2D eigenvalue weighted by Crippen LogP contribution is 2.34. The molecule has 4 rings (SSSR count). The predicted molar refractivity (Wildman–Crippen MR) is 117 cm³/mol. The minimum absolute atomic E-state index is 0.527. The van der Waals surface area contributed by atoms with Crippen LogP contribution in [0, 0.1) is 0 Å². The van der Waals surface area contributed by atoms with E-state index in [0.717, 1.165) is 41.7 Å². The van der Waals surface area contributed by atoms with Crippen LogP contribution in [-0.4, -0.2) is 21.1 Å². The van der Waals surface area contributed by atoms with Gasteiger partial charge >= 0.3 is 6.01 Å². The Kier molecular flexibility index (Phi) is 6.00. The summed E-state index contributed by atoms with van der Waals surface area (Å²) in [6, 6.07) is 9.28. The van der Waals surface area contributed by atoms with Crippen LogP contribution in [0.1, 0.15) is 55.8 Å². The SMILES string of the molecule is CCc1cc(CC)nc(OCCCn2c3c(c4cc(Br)ccc42)CCCC3)n1. The van der Waals surface area contributed by atoms with Crippen molar-refractivity contribution in [2.45, 2.75) is 65.3 Å². The molecule has 1 aliphatic rings. The molecule has 0 atom stereocenters. The first-order valence-corrected chi connectivity index (χ1v) is 11.3. The topological polar surface area (TPSA) is 39.9 Å². The van der Waals surface area contributed by atoms with Crippen molar-refractivity contribution in [2.24, 2.45) is 0 Å². The van der Waals surface area contributed by atoms with E-state index in [-0.39, 0.29) is 0 Å². The zero-order valence-electron chi connectivity index (χ0n) is 16.8. The number of benzene rings is 1. The molecule has 0 amide bonds. The largest absolute Gasteiger partial charge is 0.463 e. The van der Waals surface area contributed by atoms with Crippen LogP contribution in [0.3, 0.4) is 0 Å². The summed E-state index contributed by atoms with van der Waals surface area (Å²) >= 11 is 3.64. The molecule has 0 saturated heterocycles. The normalized spacial score (nSPS) is 13.7. The fourth-order valence-corrected chi connectivity index (χ4v) is 4.57. The van der Waals surface area contributed by atoms with Crippen LogP contribution < -0.4 is 4.74 Å². The highest BCUT2D eigenvalue weighted by atomic mass is 79.9.